The first-order chi connectivity index (χ1) is 7.49. The molecule has 1 heterocycles. The van der Waals surface area contributed by atoms with E-state index in [4.69, 9.17) is 10.5 Å². The maximum absolute atomic E-state index is 11.4. The molecular weight excluding hydrogens is 208 g/mol. The molecule has 1 aliphatic rings. The zero-order valence-electron chi connectivity index (χ0n) is 10.4. The van der Waals surface area contributed by atoms with Crippen molar-refractivity contribution in [3.8, 4) is 0 Å². The third-order valence-electron chi connectivity index (χ3n) is 2.98. The number of carbonyl (C=O) groups excluding carboxylic acids is 1. The van der Waals surface area contributed by atoms with Crippen LogP contribution in [0, 0.1) is 5.92 Å². The van der Waals surface area contributed by atoms with E-state index in [1.54, 1.807) is 14.0 Å². The van der Waals surface area contributed by atoms with Gasteiger partial charge in [-0.1, -0.05) is 0 Å². The van der Waals surface area contributed by atoms with Crippen molar-refractivity contribution in [3.05, 3.63) is 0 Å². The van der Waals surface area contributed by atoms with Crippen molar-refractivity contribution in [2.24, 2.45) is 11.7 Å². The number of esters is 1. The summed E-state index contributed by atoms with van der Waals surface area (Å²) < 4.78 is 9.81. The SMILES string of the molecule is COCC1CCN(CC(C)(N)C(=O)OC)C1. The van der Waals surface area contributed by atoms with Crippen molar-refractivity contribution >= 4 is 5.97 Å². The Bertz CT molecular complexity index is 243. The summed E-state index contributed by atoms with van der Waals surface area (Å²) in [6.07, 6.45) is 1.10. The largest absolute Gasteiger partial charge is 0.468 e. The van der Waals surface area contributed by atoms with Crippen LogP contribution < -0.4 is 5.73 Å². The van der Waals surface area contributed by atoms with Gasteiger partial charge in [-0.05, 0) is 25.8 Å². The van der Waals surface area contributed by atoms with E-state index >= 15 is 0 Å². The van der Waals surface area contributed by atoms with Crippen molar-refractivity contribution in [3.63, 3.8) is 0 Å². The molecule has 0 aliphatic carbocycles. The Morgan fingerprint density at radius 2 is 2.25 bits per heavy atom. The first-order valence-electron chi connectivity index (χ1n) is 5.58. The third kappa shape index (κ3) is 3.43. The van der Waals surface area contributed by atoms with Gasteiger partial charge in [0.15, 0.2) is 0 Å². The van der Waals surface area contributed by atoms with Gasteiger partial charge in [-0.2, -0.15) is 0 Å². The Morgan fingerprint density at radius 1 is 1.56 bits per heavy atom. The number of hydrogen-bond acceptors (Lipinski definition) is 5. The molecule has 1 saturated heterocycles. The minimum absolute atomic E-state index is 0.359. The molecule has 2 N–H and O–H groups in total. The normalized spacial score (nSPS) is 25.4. The molecule has 16 heavy (non-hydrogen) atoms. The van der Waals surface area contributed by atoms with Crippen molar-refractivity contribution in [1.29, 1.82) is 0 Å². The van der Waals surface area contributed by atoms with E-state index in [2.05, 4.69) is 9.64 Å². The fourth-order valence-electron chi connectivity index (χ4n) is 2.19. The molecule has 1 fully saturated rings. The van der Waals surface area contributed by atoms with E-state index in [0.717, 1.165) is 26.1 Å². The molecule has 5 heteroatoms. The molecule has 1 aliphatic heterocycles. The summed E-state index contributed by atoms with van der Waals surface area (Å²) in [6, 6.07) is 0. The average Bonchev–Trinajstić information content (AvgIpc) is 2.64. The predicted molar refractivity (Wildman–Crippen MR) is 61.0 cm³/mol. The number of nitrogens with zero attached hydrogens (tertiary/aromatic N) is 1. The highest BCUT2D eigenvalue weighted by Crippen LogP contribution is 2.18. The van der Waals surface area contributed by atoms with E-state index in [1.165, 1.54) is 7.11 Å². The van der Waals surface area contributed by atoms with Gasteiger partial charge in [0, 0.05) is 20.2 Å². The average molecular weight is 230 g/mol. The molecule has 0 radical (unpaired) electrons. The second-order valence-corrected chi connectivity index (χ2v) is 4.75. The fourth-order valence-corrected chi connectivity index (χ4v) is 2.19. The minimum Gasteiger partial charge on any atom is -0.468 e. The van der Waals surface area contributed by atoms with E-state index < -0.39 is 5.54 Å². The van der Waals surface area contributed by atoms with Crippen LogP contribution in [0.1, 0.15) is 13.3 Å². The summed E-state index contributed by atoms with van der Waals surface area (Å²) in [4.78, 5) is 13.6. The molecule has 0 bridgehead atoms. The third-order valence-corrected chi connectivity index (χ3v) is 2.98. The van der Waals surface area contributed by atoms with Crippen LogP contribution in [0.25, 0.3) is 0 Å². The summed E-state index contributed by atoms with van der Waals surface area (Å²) in [5, 5.41) is 0. The molecule has 1 rings (SSSR count). The second kappa shape index (κ2) is 5.61. The van der Waals surface area contributed by atoms with Gasteiger partial charge < -0.3 is 20.1 Å². The van der Waals surface area contributed by atoms with Crippen LogP contribution in [-0.2, 0) is 14.3 Å². The number of carbonyl (C=O) groups is 1. The van der Waals surface area contributed by atoms with Crippen LogP contribution in [0.5, 0.6) is 0 Å². The first-order valence-corrected chi connectivity index (χ1v) is 5.58. The quantitative estimate of drug-likeness (QED) is 0.665. The maximum atomic E-state index is 11.4. The highest BCUT2D eigenvalue weighted by atomic mass is 16.5. The zero-order chi connectivity index (χ0) is 12.2. The molecule has 0 saturated carbocycles. The molecular formula is C11H22N2O3. The Morgan fingerprint density at radius 3 is 2.81 bits per heavy atom. The van der Waals surface area contributed by atoms with Crippen molar-refractivity contribution in [1.82, 2.24) is 4.90 Å². The molecule has 0 aromatic heterocycles. The van der Waals surface area contributed by atoms with Crippen molar-refractivity contribution < 1.29 is 14.3 Å². The number of likely N-dealkylation sites (tertiary alicyclic amines) is 1. The zero-order valence-corrected chi connectivity index (χ0v) is 10.4. The second-order valence-electron chi connectivity index (χ2n) is 4.75. The minimum atomic E-state index is -0.920. The Labute approximate surface area is 96.9 Å². The molecule has 2 unspecified atom stereocenters. The van der Waals surface area contributed by atoms with Gasteiger partial charge in [-0.15, -0.1) is 0 Å². The van der Waals surface area contributed by atoms with Crippen LogP contribution in [0.15, 0.2) is 0 Å². The molecule has 2 atom stereocenters. The number of hydrogen-bond donors (Lipinski definition) is 1. The number of rotatable bonds is 5. The first kappa shape index (κ1) is 13.4. The van der Waals surface area contributed by atoms with Crippen molar-refractivity contribution in [2.75, 3.05) is 40.5 Å². The lowest BCUT2D eigenvalue weighted by Crippen LogP contribution is -2.54. The maximum Gasteiger partial charge on any atom is 0.326 e. The lowest BCUT2D eigenvalue weighted by molar-refractivity contribution is -0.147. The van der Waals surface area contributed by atoms with Gasteiger partial charge in [-0.3, -0.25) is 4.79 Å². The highest BCUT2D eigenvalue weighted by molar-refractivity contribution is 5.80. The molecule has 0 spiro atoms. The standard InChI is InChI=1S/C11H22N2O3/c1-11(12,10(14)16-3)8-13-5-4-9(6-13)7-15-2/h9H,4-8,12H2,1-3H3. The van der Waals surface area contributed by atoms with Gasteiger partial charge in [0.1, 0.15) is 5.54 Å². The van der Waals surface area contributed by atoms with Gasteiger partial charge in [0.2, 0.25) is 0 Å². The number of ether oxygens (including phenoxy) is 2. The van der Waals surface area contributed by atoms with Crippen LogP contribution in [-0.4, -0.2) is 56.9 Å². The number of methoxy groups -OCH3 is 2. The molecule has 0 aromatic rings. The van der Waals surface area contributed by atoms with E-state index in [-0.39, 0.29) is 5.97 Å². The summed E-state index contributed by atoms with van der Waals surface area (Å²) in [5.74, 6) is 0.195. The van der Waals surface area contributed by atoms with Gasteiger partial charge in [0.05, 0.1) is 13.7 Å². The van der Waals surface area contributed by atoms with E-state index in [9.17, 15) is 4.79 Å². The smallest absolute Gasteiger partial charge is 0.326 e. The topological polar surface area (TPSA) is 64.8 Å². The Balaban J connectivity index is 2.41. The lowest BCUT2D eigenvalue weighted by Gasteiger charge is -2.27. The Kier molecular flexibility index (Phi) is 4.70. The molecule has 5 nitrogen and oxygen atoms in total. The summed E-state index contributed by atoms with van der Waals surface area (Å²) in [6.45, 7) is 4.94. The Hall–Kier alpha value is -0.650. The van der Waals surface area contributed by atoms with E-state index in [0.29, 0.717) is 12.5 Å². The van der Waals surface area contributed by atoms with Crippen LogP contribution in [0.3, 0.4) is 0 Å². The van der Waals surface area contributed by atoms with Crippen molar-refractivity contribution in [2.45, 2.75) is 18.9 Å². The summed E-state index contributed by atoms with van der Waals surface area (Å²) in [5.41, 5.74) is 5.00. The highest BCUT2D eigenvalue weighted by Gasteiger charge is 2.34. The van der Waals surface area contributed by atoms with Gasteiger partial charge in [-0.25, -0.2) is 0 Å². The summed E-state index contributed by atoms with van der Waals surface area (Å²) in [7, 11) is 3.08. The van der Waals surface area contributed by atoms with Crippen LogP contribution in [0.2, 0.25) is 0 Å². The van der Waals surface area contributed by atoms with Gasteiger partial charge in [0.25, 0.3) is 0 Å². The molecule has 94 valence electrons. The number of nitrogens with two attached hydrogens (primary N) is 1. The monoisotopic (exact) mass is 230 g/mol. The molecule has 0 aromatic carbocycles. The van der Waals surface area contributed by atoms with E-state index in [1.807, 2.05) is 0 Å². The van der Waals surface area contributed by atoms with Crippen LogP contribution in [0.4, 0.5) is 0 Å². The summed E-state index contributed by atoms with van der Waals surface area (Å²) >= 11 is 0. The lowest BCUT2D eigenvalue weighted by atomic mass is 10.0. The fraction of sp³-hybridized carbons (Fsp3) is 0.909. The van der Waals surface area contributed by atoms with Crippen LogP contribution >= 0.6 is 0 Å². The predicted octanol–water partition coefficient (Wildman–Crippen LogP) is -0.155. The van der Waals surface area contributed by atoms with Gasteiger partial charge >= 0.3 is 5.97 Å². The molecule has 0 amide bonds.